The number of nitro groups is 1. The number of rotatable bonds is 5. The average Bonchev–Trinajstić information content (AvgIpc) is 2.68. The highest BCUT2D eigenvalue weighted by Crippen LogP contribution is 2.31. The van der Waals surface area contributed by atoms with Crippen molar-refractivity contribution in [2.24, 2.45) is 0 Å². The quantitative estimate of drug-likeness (QED) is 0.400. The molecule has 31 heavy (non-hydrogen) atoms. The van der Waals surface area contributed by atoms with E-state index >= 15 is 0 Å². The van der Waals surface area contributed by atoms with Gasteiger partial charge >= 0.3 is 11.8 Å². The minimum absolute atomic E-state index is 0.00758. The molecule has 1 aliphatic heterocycles. The number of nitrogens with zero attached hydrogens (tertiary/aromatic N) is 4. The predicted molar refractivity (Wildman–Crippen MR) is 115 cm³/mol. The summed E-state index contributed by atoms with van der Waals surface area (Å²) in [6.07, 6.45) is 2.23. The van der Waals surface area contributed by atoms with Gasteiger partial charge in [0.2, 0.25) is 11.0 Å². The number of anilines is 2. The van der Waals surface area contributed by atoms with Crippen LogP contribution in [0.3, 0.4) is 0 Å². The molecule has 2 heterocycles. The lowest BCUT2D eigenvalue weighted by atomic mass is 10.1. The summed E-state index contributed by atoms with van der Waals surface area (Å²) in [6.45, 7) is 6.67. The predicted octanol–water partition coefficient (Wildman–Crippen LogP) is 4.56. The topological polar surface area (TPSA) is 120 Å². The number of benzene rings is 1. The van der Waals surface area contributed by atoms with E-state index in [-0.39, 0.29) is 28.9 Å². The Kier molecular flexibility index (Phi) is 6.79. The molecule has 0 atom stereocenters. The Bertz CT molecular complexity index is 940. The van der Waals surface area contributed by atoms with Gasteiger partial charge in [-0.2, -0.15) is 0 Å². The van der Waals surface area contributed by atoms with Crippen molar-refractivity contribution in [3.05, 3.63) is 45.9 Å². The van der Waals surface area contributed by atoms with Gasteiger partial charge in [0.05, 0.1) is 4.92 Å². The molecule has 1 N–H and O–H groups in total. The molecule has 1 aliphatic rings. The molecule has 1 aromatic carbocycles. The smallest absolute Gasteiger partial charge is 0.410 e. The molecule has 0 aliphatic carbocycles. The van der Waals surface area contributed by atoms with Gasteiger partial charge in [0.25, 0.3) is 0 Å². The molecule has 11 heteroatoms. The monoisotopic (exact) mass is 449 g/mol. The van der Waals surface area contributed by atoms with Crippen LogP contribution in [0.4, 0.5) is 22.0 Å². The van der Waals surface area contributed by atoms with Crippen molar-refractivity contribution >= 4 is 34.9 Å². The fraction of sp³-hybridized carbons (Fsp3) is 0.450. The Labute approximate surface area is 184 Å². The third-order valence-electron chi connectivity index (χ3n) is 4.47. The van der Waals surface area contributed by atoms with Crippen LogP contribution in [0, 0.1) is 10.1 Å². The van der Waals surface area contributed by atoms with Crippen LogP contribution in [0.1, 0.15) is 33.6 Å². The van der Waals surface area contributed by atoms with Crippen LogP contribution in [0.15, 0.2) is 30.6 Å². The van der Waals surface area contributed by atoms with E-state index in [0.717, 1.165) is 6.33 Å². The summed E-state index contributed by atoms with van der Waals surface area (Å²) in [7, 11) is 0. The third kappa shape index (κ3) is 6.17. The number of nitrogens with one attached hydrogen (secondary N) is 1. The molecule has 166 valence electrons. The second-order valence-corrected chi connectivity index (χ2v) is 8.41. The number of hydrogen-bond donors (Lipinski definition) is 1. The Balaban J connectivity index is 1.55. The van der Waals surface area contributed by atoms with E-state index in [1.165, 1.54) is 0 Å². The lowest BCUT2D eigenvalue weighted by Crippen LogP contribution is -2.44. The van der Waals surface area contributed by atoms with Crippen LogP contribution >= 0.6 is 11.6 Å². The number of halogens is 1. The van der Waals surface area contributed by atoms with Crippen molar-refractivity contribution in [3.8, 4) is 5.75 Å². The first-order valence-electron chi connectivity index (χ1n) is 9.79. The van der Waals surface area contributed by atoms with E-state index in [0.29, 0.717) is 37.4 Å². The molecule has 0 saturated carbocycles. The number of aromatic nitrogens is 2. The zero-order chi connectivity index (χ0) is 22.6. The van der Waals surface area contributed by atoms with E-state index in [4.69, 9.17) is 21.1 Å². The maximum absolute atomic E-state index is 12.1. The second kappa shape index (κ2) is 9.34. The molecular formula is C20H24ClN5O5. The third-order valence-corrected chi connectivity index (χ3v) is 4.75. The number of hydrogen-bond acceptors (Lipinski definition) is 8. The molecule has 0 spiro atoms. The largest absolute Gasteiger partial charge is 0.490 e. The van der Waals surface area contributed by atoms with E-state index < -0.39 is 10.5 Å². The zero-order valence-electron chi connectivity index (χ0n) is 17.5. The number of likely N-dealkylation sites (tertiary alicyclic amines) is 1. The van der Waals surface area contributed by atoms with Crippen molar-refractivity contribution in [1.82, 2.24) is 14.9 Å². The Hall–Kier alpha value is -3.14. The van der Waals surface area contributed by atoms with E-state index in [9.17, 15) is 14.9 Å². The van der Waals surface area contributed by atoms with Crippen molar-refractivity contribution < 1.29 is 19.2 Å². The van der Waals surface area contributed by atoms with Crippen LogP contribution in [0.2, 0.25) is 5.15 Å². The first kappa shape index (κ1) is 22.5. The number of amides is 1. The highest BCUT2D eigenvalue weighted by atomic mass is 35.5. The average molecular weight is 450 g/mol. The zero-order valence-corrected chi connectivity index (χ0v) is 18.3. The van der Waals surface area contributed by atoms with Gasteiger partial charge in [-0.1, -0.05) is 11.6 Å². The van der Waals surface area contributed by atoms with E-state index in [1.54, 1.807) is 29.2 Å². The summed E-state index contributed by atoms with van der Waals surface area (Å²) in [5.41, 5.74) is -0.316. The fourth-order valence-electron chi connectivity index (χ4n) is 3.04. The highest BCUT2D eigenvalue weighted by molar-refractivity contribution is 6.31. The summed E-state index contributed by atoms with van der Waals surface area (Å²) in [5, 5.41) is 13.8. The van der Waals surface area contributed by atoms with Crippen LogP contribution < -0.4 is 10.1 Å². The van der Waals surface area contributed by atoms with Gasteiger partial charge in [0, 0.05) is 31.6 Å². The van der Waals surface area contributed by atoms with Gasteiger partial charge in [-0.05, 0) is 45.0 Å². The number of piperidine rings is 1. The number of carbonyl (C=O) groups is 1. The molecule has 1 aromatic heterocycles. The maximum atomic E-state index is 12.1. The van der Waals surface area contributed by atoms with Crippen LogP contribution in [-0.4, -0.2) is 50.7 Å². The van der Waals surface area contributed by atoms with Gasteiger partial charge in [-0.25, -0.2) is 14.8 Å². The highest BCUT2D eigenvalue weighted by Gasteiger charge is 2.27. The van der Waals surface area contributed by atoms with Gasteiger partial charge in [-0.3, -0.25) is 10.1 Å². The van der Waals surface area contributed by atoms with Gasteiger partial charge < -0.3 is 19.7 Å². The van der Waals surface area contributed by atoms with Gasteiger partial charge in [0.15, 0.2) is 0 Å². The lowest BCUT2D eigenvalue weighted by Gasteiger charge is -2.33. The molecule has 1 amide bonds. The first-order chi connectivity index (χ1) is 14.6. The summed E-state index contributed by atoms with van der Waals surface area (Å²) < 4.78 is 11.4. The minimum atomic E-state index is -0.633. The van der Waals surface area contributed by atoms with E-state index in [2.05, 4.69) is 15.3 Å². The van der Waals surface area contributed by atoms with Crippen LogP contribution in [0.25, 0.3) is 0 Å². The summed E-state index contributed by atoms with van der Waals surface area (Å²) in [4.78, 5) is 31.9. The molecule has 1 saturated heterocycles. The molecule has 0 radical (unpaired) electrons. The Morgan fingerprint density at radius 1 is 1.23 bits per heavy atom. The molecule has 2 aromatic rings. The summed E-state index contributed by atoms with van der Waals surface area (Å²) in [5.74, 6) is 0.671. The summed E-state index contributed by atoms with van der Waals surface area (Å²) in [6, 6.07) is 6.98. The first-order valence-corrected chi connectivity index (χ1v) is 10.2. The molecule has 0 unspecified atom stereocenters. The van der Waals surface area contributed by atoms with Crippen LogP contribution in [-0.2, 0) is 4.74 Å². The van der Waals surface area contributed by atoms with Crippen LogP contribution in [0.5, 0.6) is 5.75 Å². The number of carbonyl (C=O) groups excluding carboxylic acids is 1. The van der Waals surface area contributed by atoms with Crippen molar-refractivity contribution in [2.75, 3.05) is 18.4 Å². The Morgan fingerprint density at radius 3 is 2.45 bits per heavy atom. The standard InChI is InChI=1S/C20H24ClN5O5/c1-20(2,3)31-19(27)25-10-8-15(9-11-25)30-14-6-4-13(5-7-14)24-18-16(26(28)29)17(21)22-12-23-18/h4-7,12,15H,8-11H2,1-3H3,(H,22,23,24). The fourth-order valence-corrected chi connectivity index (χ4v) is 3.24. The molecule has 3 rings (SSSR count). The lowest BCUT2D eigenvalue weighted by molar-refractivity contribution is -0.384. The van der Waals surface area contributed by atoms with E-state index in [1.807, 2.05) is 20.8 Å². The molecule has 1 fully saturated rings. The normalized spacial score (nSPS) is 14.8. The summed E-state index contributed by atoms with van der Waals surface area (Å²) >= 11 is 5.80. The van der Waals surface area contributed by atoms with Crippen molar-refractivity contribution in [1.29, 1.82) is 0 Å². The SMILES string of the molecule is CC(C)(C)OC(=O)N1CCC(Oc2ccc(Nc3ncnc(Cl)c3[N+](=O)[O-])cc2)CC1. The van der Waals surface area contributed by atoms with Gasteiger partial charge in [0.1, 0.15) is 23.8 Å². The molecule has 10 nitrogen and oxygen atoms in total. The van der Waals surface area contributed by atoms with Gasteiger partial charge in [-0.15, -0.1) is 0 Å². The van der Waals surface area contributed by atoms with Crippen molar-refractivity contribution in [2.45, 2.75) is 45.3 Å². The minimum Gasteiger partial charge on any atom is -0.490 e. The maximum Gasteiger partial charge on any atom is 0.410 e. The van der Waals surface area contributed by atoms with Crippen molar-refractivity contribution in [3.63, 3.8) is 0 Å². The molecular weight excluding hydrogens is 426 g/mol. The molecule has 0 bridgehead atoms. The Morgan fingerprint density at radius 2 is 1.87 bits per heavy atom. The second-order valence-electron chi connectivity index (χ2n) is 8.05. The number of ether oxygens (including phenoxy) is 2.